The first-order valence-corrected chi connectivity index (χ1v) is 7.65. The third-order valence-corrected chi connectivity index (χ3v) is 3.98. The first-order valence-electron chi connectivity index (χ1n) is 6.85. The molecule has 2 N–H and O–H groups in total. The molecule has 1 saturated heterocycles. The molecule has 21 heavy (non-hydrogen) atoms. The van der Waals surface area contributed by atoms with Crippen LogP contribution in [0, 0.1) is 0 Å². The SMILES string of the molecule is CC(C)(NC(=O)CC1COCCN1)c1ccc(Br)cc1.Cl. The Hall–Kier alpha value is -0.620. The molecule has 2 rings (SSSR count). The van der Waals surface area contributed by atoms with E-state index in [4.69, 9.17) is 4.74 Å². The number of halogens is 2. The second kappa shape index (κ2) is 8.13. The highest BCUT2D eigenvalue weighted by Gasteiger charge is 2.25. The van der Waals surface area contributed by atoms with Crippen molar-refractivity contribution in [2.24, 2.45) is 0 Å². The summed E-state index contributed by atoms with van der Waals surface area (Å²) in [6.45, 7) is 6.17. The van der Waals surface area contributed by atoms with Crippen LogP contribution in [0.25, 0.3) is 0 Å². The van der Waals surface area contributed by atoms with Crippen molar-refractivity contribution >= 4 is 34.2 Å². The van der Waals surface area contributed by atoms with E-state index in [1.807, 2.05) is 38.1 Å². The Balaban J connectivity index is 0.00000220. The number of nitrogens with one attached hydrogen (secondary N) is 2. The largest absolute Gasteiger partial charge is 0.378 e. The average molecular weight is 378 g/mol. The highest BCUT2D eigenvalue weighted by molar-refractivity contribution is 9.10. The summed E-state index contributed by atoms with van der Waals surface area (Å²) in [6, 6.07) is 8.13. The smallest absolute Gasteiger partial charge is 0.222 e. The maximum Gasteiger partial charge on any atom is 0.222 e. The minimum Gasteiger partial charge on any atom is -0.378 e. The first kappa shape index (κ1) is 18.4. The Labute approximate surface area is 140 Å². The molecule has 0 spiro atoms. The van der Waals surface area contributed by atoms with E-state index < -0.39 is 0 Å². The monoisotopic (exact) mass is 376 g/mol. The van der Waals surface area contributed by atoms with Crippen LogP contribution in [0.15, 0.2) is 28.7 Å². The molecule has 118 valence electrons. The molecule has 0 saturated carbocycles. The van der Waals surface area contributed by atoms with Crippen LogP contribution in [0.2, 0.25) is 0 Å². The van der Waals surface area contributed by atoms with Crippen LogP contribution in [0.4, 0.5) is 0 Å². The summed E-state index contributed by atoms with van der Waals surface area (Å²) in [5.74, 6) is 0.0425. The Morgan fingerprint density at radius 1 is 1.43 bits per heavy atom. The molecule has 1 aliphatic heterocycles. The maximum atomic E-state index is 12.2. The van der Waals surface area contributed by atoms with Crippen molar-refractivity contribution in [1.82, 2.24) is 10.6 Å². The third kappa shape index (κ3) is 5.58. The van der Waals surface area contributed by atoms with Gasteiger partial charge in [-0.05, 0) is 31.5 Å². The van der Waals surface area contributed by atoms with Gasteiger partial charge in [0.1, 0.15) is 0 Å². The number of amides is 1. The molecule has 1 unspecified atom stereocenters. The number of hydrogen-bond acceptors (Lipinski definition) is 3. The predicted molar refractivity (Wildman–Crippen MR) is 89.8 cm³/mol. The number of carbonyl (C=O) groups is 1. The van der Waals surface area contributed by atoms with Crippen molar-refractivity contribution in [3.8, 4) is 0 Å². The minimum atomic E-state index is -0.382. The van der Waals surface area contributed by atoms with Crippen LogP contribution < -0.4 is 10.6 Å². The van der Waals surface area contributed by atoms with E-state index in [0.717, 1.165) is 23.2 Å². The zero-order valence-corrected chi connectivity index (χ0v) is 14.7. The summed E-state index contributed by atoms with van der Waals surface area (Å²) >= 11 is 3.42. The summed E-state index contributed by atoms with van der Waals surface area (Å²) in [6.07, 6.45) is 0.444. The third-order valence-electron chi connectivity index (χ3n) is 3.45. The molecule has 1 atom stereocenters. The predicted octanol–water partition coefficient (Wildman–Crippen LogP) is 2.60. The van der Waals surface area contributed by atoms with Gasteiger partial charge in [-0.15, -0.1) is 12.4 Å². The lowest BCUT2D eigenvalue weighted by atomic mass is 9.94. The van der Waals surface area contributed by atoms with Crippen molar-refractivity contribution in [3.05, 3.63) is 34.3 Å². The number of morpholine rings is 1. The molecule has 1 fully saturated rings. The lowest BCUT2D eigenvalue weighted by Gasteiger charge is -2.29. The lowest BCUT2D eigenvalue weighted by Crippen LogP contribution is -2.47. The van der Waals surface area contributed by atoms with Crippen molar-refractivity contribution in [2.75, 3.05) is 19.8 Å². The highest BCUT2D eigenvalue weighted by atomic mass is 79.9. The molecular weight excluding hydrogens is 356 g/mol. The number of ether oxygens (including phenoxy) is 1. The summed E-state index contributed by atoms with van der Waals surface area (Å²) in [7, 11) is 0. The van der Waals surface area contributed by atoms with E-state index in [1.165, 1.54) is 0 Å². The molecule has 0 radical (unpaired) electrons. The highest BCUT2D eigenvalue weighted by Crippen LogP contribution is 2.22. The summed E-state index contributed by atoms with van der Waals surface area (Å²) < 4.78 is 6.40. The van der Waals surface area contributed by atoms with Crippen molar-refractivity contribution in [3.63, 3.8) is 0 Å². The molecule has 0 aliphatic carbocycles. The van der Waals surface area contributed by atoms with Crippen LogP contribution in [-0.2, 0) is 15.1 Å². The van der Waals surface area contributed by atoms with Gasteiger partial charge in [0.25, 0.3) is 0 Å². The fraction of sp³-hybridized carbons (Fsp3) is 0.533. The molecule has 0 bridgehead atoms. The zero-order chi connectivity index (χ0) is 14.6. The van der Waals surface area contributed by atoms with Crippen LogP contribution in [0.3, 0.4) is 0 Å². The summed E-state index contributed by atoms with van der Waals surface area (Å²) in [4.78, 5) is 12.2. The Kier molecular flexibility index (Phi) is 7.13. The van der Waals surface area contributed by atoms with Gasteiger partial charge >= 0.3 is 0 Å². The summed E-state index contributed by atoms with van der Waals surface area (Å²) in [5.41, 5.74) is 0.703. The number of rotatable bonds is 4. The van der Waals surface area contributed by atoms with Gasteiger partial charge in [-0.3, -0.25) is 4.79 Å². The first-order chi connectivity index (χ1) is 9.47. The summed E-state index contributed by atoms with van der Waals surface area (Å²) in [5, 5.41) is 6.38. The van der Waals surface area contributed by atoms with E-state index in [-0.39, 0.29) is 29.9 Å². The molecular formula is C15H22BrClN2O2. The number of benzene rings is 1. The normalized spacial score (nSPS) is 18.7. The second-order valence-electron chi connectivity index (χ2n) is 5.61. The Morgan fingerprint density at radius 3 is 2.67 bits per heavy atom. The topological polar surface area (TPSA) is 50.4 Å². The molecule has 6 heteroatoms. The van der Waals surface area contributed by atoms with E-state index in [2.05, 4.69) is 26.6 Å². The standard InChI is InChI=1S/C15H21BrN2O2.ClH/c1-15(2,11-3-5-12(16)6-4-11)18-14(19)9-13-10-20-8-7-17-13;/h3-6,13,17H,7-10H2,1-2H3,(H,18,19);1H. The van der Waals surface area contributed by atoms with E-state index in [9.17, 15) is 4.79 Å². The molecule has 0 aromatic heterocycles. The van der Waals surface area contributed by atoms with Crippen molar-refractivity contribution in [1.29, 1.82) is 0 Å². The Morgan fingerprint density at radius 2 is 2.10 bits per heavy atom. The number of carbonyl (C=O) groups excluding carboxylic acids is 1. The molecule has 4 nitrogen and oxygen atoms in total. The van der Waals surface area contributed by atoms with Crippen LogP contribution in [-0.4, -0.2) is 31.7 Å². The van der Waals surface area contributed by atoms with Gasteiger partial charge in [-0.1, -0.05) is 28.1 Å². The van der Waals surface area contributed by atoms with Gasteiger partial charge in [0, 0.05) is 23.5 Å². The molecule has 1 amide bonds. The van der Waals surface area contributed by atoms with Crippen LogP contribution in [0.1, 0.15) is 25.8 Å². The van der Waals surface area contributed by atoms with Gasteiger partial charge < -0.3 is 15.4 Å². The fourth-order valence-electron chi connectivity index (χ4n) is 2.31. The minimum absolute atomic E-state index is 0. The van der Waals surface area contributed by atoms with E-state index >= 15 is 0 Å². The van der Waals surface area contributed by atoms with Gasteiger partial charge in [-0.2, -0.15) is 0 Å². The van der Waals surface area contributed by atoms with E-state index in [1.54, 1.807) is 0 Å². The van der Waals surface area contributed by atoms with Gasteiger partial charge in [-0.25, -0.2) is 0 Å². The van der Waals surface area contributed by atoms with Gasteiger partial charge in [0.05, 0.1) is 18.8 Å². The number of hydrogen-bond donors (Lipinski definition) is 2. The zero-order valence-electron chi connectivity index (χ0n) is 12.3. The maximum absolute atomic E-state index is 12.2. The van der Waals surface area contributed by atoms with Crippen molar-refractivity contribution in [2.45, 2.75) is 31.8 Å². The Bertz CT molecular complexity index is 459. The molecule has 1 aromatic rings. The average Bonchev–Trinajstić information content (AvgIpc) is 2.39. The quantitative estimate of drug-likeness (QED) is 0.848. The van der Waals surface area contributed by atoms with Crippen LogP contribution in [0.5, 0.6) is 0 Å². The fourth-order valence-corrected chi connectivity index (χ4v) is 2.58. The molecule has 1 aliphatic rings. The molecule has 1 heterocycles. The van der Waals surface area contributed by atoms with Gasteiger partial charge in [0.2, 0.25) is 5.91 Å². The van der Waals surface area contributed by atoms with Crippen LogP contribution >= 0.6 is 28.3 Å². The lowest BCUT2D eigenvalue weighted by molar-refractivity contribution is -0.124. The second-order valence-corrected chi connectivity index (χ2v) is 6.53. The van der Waals surface area contributed by atoms with Gasteiger partial charge in [0.15, 0.2) is 0 Å². The molecule has 1 aromatic carbocycles. The van der Waals surface area contributed by atoms with E-state index in [0.29, 0.717) is 13.0 Å². The van der Waals surface area contributed by atoms with Crippen molar-refractivity contribution < 1.29 is 9.53 Å².